The van der Waals surface area contributed by atoms with Crippen LogP contribution in [0.3, 0.4) is 0 Å². The maximum absolute atomic E-state index is 13.6. The zero-order chi connectivity index (χ0) is 11.6. The standard InChI is InChI=1S/C12H16FNO/c1-12(2,3)9-5-4-8(6-10(9)13)11(15)7-14/h4-6H,7,14H2,1-3H3. The molecular formula is C12H16FNO. The van der Waals surface area contributed by atoms with Gasteiger partial charge in [-0.05, 0) is 17.0 Å². The summed E-state index contributed by atoms with van der Waals surface area (Å²) in [5.41, 5.74) is 5.89. The number of nitrogens with two attached hydrogens (primary N) is 1. The van der Waals surface area contributed by atoms with Crippen LogP contribution in [0.25, 0.3) is 0 Å². The smallest absolute Gasteiger partial charge is 0.176 e. The molecule has 0 heterocycles. The molecule has 0 unspecified atom stereocenters. The largest absolute Gasteiger partial charge is 0.324 e. The van der Waals surface area contributed by atoms with Gasteiger partial charge in [0.25, 0.3) is 0 Å². The molecule has 0 aliphatic rings. The fourth-order valence-corrected chi connectivity index (χ4v) is 1.41. The van der Waals surface area contributed by atoms with Gasteiger partial charge in [-0.15, -0.1) is 0 Å². The minimum absolute atomic E-state index is 0.0890. The minimum Gasteiger partial charge on any atom is -0.324 e. The van der Waals surface area contributed by atoms with E-state index in [2.05, 4.69) is 0 Å². The second-order valence-corrected chi connectivity index (χ2v) is 4.57. The molecule has 15 heavy (non-hydrogen) atoms. The van der Waals surface area contributed by atoms with Gasteiger partial charge in [-0.25, -0.2) is 4.39 Å². The van der Waals surface area contributed by atoms with Gasteiger partial charge in [-0.3, -0.25) is 4.79 Å². The molecule has 0 aliphatic heterocycles. The highest BCUT2D eigenvalue weighted by atomic mass is 19.1. The van der Waals surface area contributed by atoms with Gasteiger partial charge in [0.15, 0.2) is 5.78 Å². The van der Waals surface area contributed by atoms with E-state index in [-0.39, 0.29) is 23.6 Å². The van der Waals surface area contributed by atoms with Gasteiger partial charge in [-0.1, -0.05) is 32.9 Å². The first kappa shape index (κ1) is 11.9. The molecule has 0 radical (unpaired) electrons. The Kier molecular flexibility index (Phi) is 3.25. The Morgan fingerprint density at radius 2 is 2.00 bits per heavy atom. The normalized spacial score (nSPS) is 11.5. The number of hydrogen-bond acceptors (Lipinski definition) is 2. The second-order valence-electron chi connectivity index (χ2n) is 4.57. The summed E-state index contributed by atoms with van der Waals surface area (Å²) in [4.78, 5) is 11.2. The van der Waals surface area contributed by atoms with E-state index in [9.17, 15) is 9.18 Å². The summed E-state index contributed by atoms with van der Waals surface area (Å²) in [5, 5.41) is 0. The van der Waals surface area contributed by atoms with Crippen LogP contribution in [0, 0.1) is 5.82 Å². The molecule has 0 saturated carbocycles. The molecule has 0 amide bonds. The monoisotopic (exact) mass is 209 g/mol. The maximum atomic E-state index is 13.6. The quantitative estimate of drug-likeness (QED) is 0.759. The SMILES string of the molecule is CC(C)(C)c1ccc(C(=O)CN)cc1F. The van der Waals surface area contributed by atoms with Gasteiger partial charge >= 0.3 is 0 Å². The van der Waals surface area contributed by atoms with Crippen molar-refractivity contribution >= 4 is 5.78 Å². The van der Waals surface area contributed by atoms with E-state index in [0.29, 0.717) is 11.1 Å². The molecule has 1 rings (SSSR count). The molecule has 0 bridgehead atoms. The summed E-state index contributed by atoms with van der Waals surface area (Å²) in [6.45, 7) is 5.69. The molecule has 0 aromatic heterocycles. The van der Waals surface area contributed by atoms with Crippen molar-refractivity contribution in [2.24, 2.45) is 5.73 Å². The molecule has 2 nitrogen and oxygen atoms in total. The molecular weight excluding hydrogens is 193 g/mol. The number of carbonyl (C=O) groups excluding carboxylic acids is 1. The fourth-order valence-electron chi connectivity index (χ4n) is 1.41. The highest BCUT2D eigenvalue weighted by Gasteiger charge is 2.19. The number of benzene rings is 1. The highest BCUT2D eigenvalue weighted by Crippen LogP contribution is 2.25. The molecule has 0 saturated heterocycles. The van der Waals surface area contributed by atoms with Gasteiger partial charge < -0.3 is 5.73 Å². The van der Waals surface area contributed by atoms with E-state index in [1.165, 1.54) is 6.07 Å². The lowest BCUT2D eigenvalue weighted by Gasteiger charge is -2.19. The Labute approximate surface area is 89.3 Å². The van der Waals surface area contributed by atoms with E-state index >= 15 is 0 Å². The zero-order valence-electron chi connectivity index (χ0n) is 9.30. The summed E-state index contributed by atoms with van der Waals surface area (Å²) < 4.78 is 13.6. The van der Waals surface area contributed by atoms with Crippen molar-refractivity contribution in [2.75, 3.05) is 6.54 Å². The summed E-state index contributed by atoms with van der Waals surface area (Å²) >= 11 is 0. The van der Waals surface area contributed by atoms with Crippen LogP contribution >= 0.6 is 0 Å². The van der Waals surface area contributed by atoms with E-state index in [1.807, 2.05) is 20.8 Å². The van der Waals surface area contributed by atoms with Crippen molar-refractivity contribution in [3.8, 4) is 0 Å². The first-order chi connectivity index (χ1) is 6.86. The molecule has 1 aromatic rings. The topological polar surface area (TPSA) is 43.1 Å². The van der Waals surface area contributed by atoms with E-state index in [0.717, 1.165) is 0 Å². The van der Waals surface area contributed by atoms with Crippen LogP contribution < -0.4 is 5.73 Å². The molecule has 2 N–H and O–H groups in total. The van der Waals surface area contributed by atoms with E-state index in [4.69, 9.17) is 5.73 Å². The number of rotatable bonds is 2. The first-order valence-electron chi connectivity index (χ1n) is 4.89. The van der Waals surface area contributed by atoms with Gasteiger partial charge in [0, 0.05) is 5.56 Å². The van der Waals surface area contributed by atoms with Gasteiger partial charge in [0.2, 0.25) is 0 Å². The predicted molar refractivity (Wildman–Crippen MR) is 58.5 cm³/mol. The number of Topliss-reactive ketones (excluding diaryl/α,β-unsaturated/α-hetero) is 1. The van der Waals surface area contributed by atoms with Crippen LogP contribution in [0.2, 0.25) is 0 Å². The molecule has 0 atom stereocenters. The summed E-state index contributed by atoms with van der Waals surface area (Å²) in [7, 11) is 0. The Morgan fingerprint density at radius 1 is 1.40 bits per heavy atom. The lowest BCUT2D eigenvalue weighted by Crippen LogP contribution is -2.17. The van der Waals surface area contributed by atoms with E-state index in [1.54, 1.807) is 12.1 Å². The fraction of sp³-hybridized carbons (Fsp3) is 0.417. The number of halogens is 1. The van der Waals surface area contributed by atoms with Crippen molar-refractivity contribution < 1.29 is 9.18 Å². The number of ketones is 1. The van der Waals surface area contributed by atoms with Crippen LogP contribution in [-0.2, 0) is 5.41 Å². The summed E-state index contributed by atoms with van der Waals surface area (Å²) in [6, 6.07) is 4.53. The van der Waals surface area contributed by atoms with Crippen molar-refractivity contribution in [1.82, 2.24) is 0 Å². The molecule has 0 spiro atoms. The lowest BCUT2D eigenvalue weighted by atomic mass is 9.86. The molecule has 1 aromatic carbocycles. The Morgan fingerprint density at radius 3 is 2.40 bits per heavy atom. The summed E-state index contributed by atoms with van der Waals surface area (Å²) in [5.74, 6) is -0.587. The van der Waals surface area contributed by atoms with Gasteiger partial charge in [0.05, 0.1) is 6.54 Å². The van der Waals surface area contributed by atoms with Crippen molar-refractivity contribution in [3.63, 3.8) is 0 Å². The average Bonchev–Trinajstić information content (AvgIpc) is 2.14. The first-order valence-corrected chi connectivity index (χ1v) is 4.89. The summed E-state index contributed by atoms with van der Waals surface area (Å²) in [6.07, 6.45) is 0. The van der Waals surface area contributed by atoms with Gasteiger partial charge in [0.1, 0.15) is 5.82 Å². The van der Waals surface area contributed by atoms with Crippen molar-refractivity contribution in [3.05, 3.63) is 35.1 Å². The second kappa shape index (κ2) is 4.11. The van der Waals surface area contributed by atoms with Crippen LogP contribution in [0.1, 0.15) is 36.7 Å². The lowest BCUT2D eigenvalue weighted by molar-refractivity contribution is 0.100. The number of carbonyl (C=O) groups is 1. The third-order valence-corrected chi connectivity index (χ3v) is 2.28. The molecule has 0 aliphatic carbocycles. The Balaban J connectivity index is 3.15. The molecule has 82 valence electrons. The van der Waals surface area contributed by atoms with Crippen LogP contribution in [0.5, 0.6) is 0 Å². The predicted octanol–water partition coefficient (Wildman–Crippen LogP) is 2.26. The average molecular weight is 209 g/mol. The molecule has 0 fully saturated rings. The van der Waals surface area contributed by atoms with Crippen LogP contribution in [0.15, 0.2) is 18.2 Å². The van der Waals surface area contributed by atoms with Crippen LogP contribution in [-0.4, -0.2) is 12.3 Å². The van der Waals surface area contributed by atoms with Crippen molar-refractivity contribution in [2.45, 2.75) is 26.2 Å². The maximum Gasteiger partial charge on any atom is 0.176 e. The number of hydrogen-bond donors (Lipinski definition) is 1. The van der Waals surface area contributed by atoms with Gasteiger partial charge in [-0.2, -0.15) is 0 Å². The Hall–Kier alpha value is -1.22. The minimum atomic E-state index is -0.346. The van der Waals surface area contributed by atoms with Crippen LogP contribution in [0.4, 0.5) is 4.39 Å². The third kappa shape index (κ3) is 2.63. The third-order valence-electron chi connectivity index (χ3n) is 2.28. The Bertz CT molecular complexity index is 380. The molecule has 3 heteroatoms. The van der Waals surface area contributed by atoms with Crippen molar-refractivity contribution in [1.29, 1.82) is 0 Å². The van der Waals surface area contributed by atoms with E-state index < -0.39 is 0 Å². The zero-order valence-corrected chi connectivity index (χ0v) is 9.30. The highest BCUT2D eigenvalue weighted by molar-refractivity contribution is 5.97.